The minimum absolute atomic E-state index is 0.0837. The SMILES string of the molecule is C[C@H](CO)[C@H]1CCC2C(O)CCC[C@@]21C. The zero-order valence-corrected chi connectivity index (χ0v) is 9.95. The number of aliphatic hydroxyl groups is 2. The lowest BCUT2D eigenvalue weighted by Crippen LogP contribution is -2.41. The molecule has 0 saturated heterocycles. The summed E-state index contributed by atoms with van der Waals surface area (Å²) >= 11 is 0. The summed E-state index contributed by atoms with van der Waals surface area (Å²) in [7, 11) is 0. The zero-order chi connectivity index (χ0) is 11.1. The highest BCUT2D eigenvalue weighted by Crippen LogP contribution is 2.57. The van der Waals surface area contributed by atoms with E-state index in [0.29, 0.717) is 29.8 Å². The van der Waals surface area contributed by atoms with Crippen molar-refractivity contribution in [3.05, 3.63) is 0 Å². The average Bonchev–Trinajstić information content (AvgIpc) is 2.56. The molecule has 2 saturated carbocycles. The molecular formula is C13H24O2. The van der Waals surface area contributed by atoms with Gasteiger partial charge in [0, 0.05) is 6.61 Å². The van der Waals surface area contributed by atoms with Gasteiger partial charge in [0.25, 0.3) is 0 Å². The molecule has 15 heavy (non-hydrogen) atoms. The van der Waals surface area contributed by atoms with E-state index in [4.69, 9.17) is 0 Å². The van der Waals surface area contributed by atoms with Crippen LogP contribution in [0.25, 0.3) is 0 Å². The van der Waals surface area contributed by atoms with E-state index in [1.807, 2.05) is 0 Å². The molecule has 5 atom stereocenters. The number of fused-ring (bicyclic) bond motifs is 1. The lowest BCUT2D eigenvalue weighted by Gasteiger charge is -2.45. The van der Waals surface area contributed by atoms with E-state index in [0.717, 1.165) is 19.3 Å². The third kappa shape index (κ3) is 1.72. The van der Waals surface area contributed by atoms with Gasteiger partial charge in [-0.15, -0.1) is 0 Å². The summed E-state index contributed by atoms with van der Waals surface area (Å²) in [6.07, 6.45) is 5.65. The van der Waals surface area contributed by atoms with Gasteiger partial charge in [0.15, 0.2) is 0 Å². The van der Waals surface area contributed by atoms with E-state index >= 15 is 0 Å². The molecule has 2 nitrogen and oxygen atoms in total. The Balaban J connectivity index is 2.17. The largest absolute Gasteiger partial charge is 0.396 e. The second-order valence-corrected chi connectivity index (χ2v) is 5.92. The Morgan fingerprint density at radius 3 is 2.73 bits per heavy atom. The first-order valence-electron chi connectivity index (χ1n) is 6.38. The molecule has 0 spiro atoms. The highest BCUT2D eigenvalue weighted by molar-refractivity contribution is 5.01. The van der Waals surface area contributed by atoms with E-state index in [2.05, 4.69) is 13.8 Å². The summed E-state index contributed by atoms with van der Waals surface area (Å²) < 4.78 is 0. The van der Waals surface area contributed by atoms with Gasteiger partial charge in [0.2, 0.25) is 0 Å². The minimum atomic E-state index is -0.0837. The predicted octanol–water partition coefficient (Wildman–Crippen LogP) is 2.19. The number of hydrogen-bond donors (Lipinski definition) is 2. The Kier molecular flexibility index (Phi) is 3.09. The molecule has 2 rings (SSSR count). The summed E-state index contributed by atoms with van der Waals surface area (Å²) in [5.41, 5.74) is 0.291. The van der Waals surface area contributed by atoms with Crippen molar-refractivity contribution in [2.45, 2.75) is 52.1 Å². The van der Waals surface area contributed by atoms with Crippen LogP contribution >= 0.6 is 0 Å². The third-order valence-corrected chi connectivity index (χ3v) is 5.14. The molecule has 2 fully saturated rings. The van der Waals surface area contributed by atoms with E-state index in [9.17, 15) is 10.2 Å². The van der Waals surface area contributed by atoms with Crippen molar-refractivity contribution in [3.8, 4) is 0 Å². The van der Waals surface area contributed by atoms with Crippen molar-refractivity contribution in [2.75, 3.05) is 6.61 Å². The lowest BCUT2D eigenvalue weighted by molar-refractivity contribution is -0.0321. The van der Waals surface area contributed by atoms with Gasteiger partial charge in [-0.1, -0.05) is 20.3 Å². The predicted molar refractivity (Wildman–Crippen MR) is 60.4 cm³/mol. The van der Waals surface area contributed by atoms with Gasteiger partial charge in [-0.25, -0.2) is 0 Å². The molecule has 2 N–H and O–H groups in total. The van der Waals surface area contributed by atoms with Crippen molar-refractivity contribution in [3.63, 3.8) is 0 Å². The fourth-order valence-electron chi connectivity index (χ4n) is 4.25. The molecule has 0 aromatic carbocycles. The maximum atomic E-state index is 10.1. The van der Waals surface area contributed by atoms with E-state index < -0.39 is 0 Å². The van der Waals surface area contributed by atoms with Gasteiger partial charge in [-0.3, -0.25) is 0 Å². The summed E-state index contributed by atoms with van der Waals surface area (Å²) in [6, 6.07) is 0. The first kappa shape index (κ1) is 11.4. The number of aliphatic hydroxyl groups excluding tert-OH is 2. The summed E-state index contributed by atoms with van der Waals surface area (Å²) in [6.45, 7) is 4.78. The molecular weight excluding hydrogens is 188 g/mol. The van der Waals surface area contributed by atoms with Gasteiger partial charge < -0.3 is 10.2 Å². The van der Waals surface area contributed by atoms with Crippen molar-refractivity contribution in [1.82, 2.24) is 0 Å². The second-order valence-electron chi connectivity index (χ2n) is 5.92. The van der Waals surface area contributed by atoms with E-state index in [-0.39, 0.29) is 6.10 Å². The lowest BCUT2D eigenvalue weighted by atomic mass is 9.62. The van der Waals surface area contributed by atoms with Gasteiger partial charge in [0.1, 0.15) is 0 Å². The molecule has 0 radical (unpaired) electrons. The molecule has 0 heterocycles. The van der Waals surface area contributed by atoms with Crippen LogP contribution in [0.15, 0.2) is 0 Å². The fraction of sp³-hybridized carbons (Fsp3) is 1.00. The molecule has 2 aliphatic rings. The van der Waals surface area contributed by atoms with Gasteiger partial charge in [-0.2, -0.15) is 0 Å². The first-order valence-corrected chi connectivity index (χ1v) is 6.38. The van der Waals surface area contributed by atoms with Gasteiger partial charge in [0.05, 0.1) is 6.10 Å². The molecule has 2 aliphatic carbocycles. The Morgan fingerprint density at radius 2 is 2.07 bits per heavy atom. The monoisotopic (exact) mass is 212 g/mol. The van der Waals surface area contributed by atoms with Crippen LogP contribution in [-0.4, -0.2) is 22.9 Å². The second kappa shape index (κ2) is 4.06. The van der Waals surface area contributed by atoms with Crippen molar-refractivity contribution in [2.24, 2.45) is 23.2 Å². The molecule has 2 heteroatoms. The summed E-state index contributed by atoms with van der Waals surface area (Å²) in [5.74, 6) is 1.50. The number of rotatable bonds is 2. The molecule has 0 bridgehead atoms. The van der Waals surface area contributed by atoms with Crippen LogP contribution in [0.1, 0.15) is 46.0 Å². The van der Waals surface area contributed by atoms with Crippen LogP contribution in [0.5, 0.6) is 0 Å². The molecule has 0 amide bonds. The van der Waals surface area contributed by atoms with Crippen molar-refractivity contribution >= 4 is 0 Å². The molecule has 2 unspecified atom stereocenters. The standard InChI is InChI=1S/C13H24O2/c1-9(8-14)10-5-6-11-12(15)4-3-7-13(10,11)2/h9-12,14-15H,3-8H2,1-2H3/t9-,10-,11?,12?,13-/m1/s1. The molecule has 88 valence electrons. The number of hydrogen-bond acceptors (Lipinski definition) is 2. The van der Waals surface area contributed by atoms with E-state index in [1.165, 1.54) is 12.8 Å². The quantitative estimate of drug-likeness (QED) is 0.736. The Bertz CT molecular complexity index is 229. The maximum absolute atomic E-state index is 10.1. The van der Waals surface area contributed by atoms with Crippen LogP contribution < -0.4 is 0 Å². The first-order chi connectivity index (χ1) is 7.09. The fourth-order valence-corrected chi connectivity index (χ4v) is 4.25. The van der Waals surface area contributed by atoms with Crippen molar-refractivity contribution < 1.29 is 10.2 Å². The van der Waals surface area contributed by atoms with Crippen LogP contribution in [0.4, 0.5) is 0 Å². The van der Waals surface area contributed by atoms with Crippen LogP contribution in [0.3, 0.4) is 0 Å². The normalized spacial score (nSPS) is 47.6. The molecule has 0 aliphatic heterocycles. The molecule has 0 aromatic heterocycles. The van der Waals surface area contributed by atoms with Crippen molar-refractivity contribution in [1.29, 1.82) is 0 Å². The van der Waals surface area contributed by atoms with Crippen LogP contribution in [0.2, 0.25) is 0 Å². The Morgan fingerprint density at radius 1 is 1.33 bits per heavy atom. The highest BCUT2D eigenvalue weighted by atomic mass is 16.3. The summed E-state index contributed by atoms with van der Waals surface area (Å²) in [4.78, 5) is 0. The Labute approximate surface area is 92.7 Å². The van der Waals surface area contributed by atoms with E-state index in [1.54, 1.807) is 0 Å². The average molecular weight is 212 g/mol. The van der Waals surface area contributed by atoms with Crippen LogP contribution in [0, 0.1) is 23.2 Å². The molecule has 0 aromatic rings. The Hall–Kier alpha value is -0.0800. The minimum Gasteiger partial charge on any atom is -0.396 e. The topological polar surface area (TPSA) is 40.5 Å². The zero-order valence-electron chi connectivity index (χ0n) is 9.95. The van der Waals surface area contributed by atoms with Gasteiger partial charge in [-0.05, 0) is 48.9 Å². The maximum Gasteiger partial charge on any atom is 0.0573 e. The highest BCUT2D eigenvalue weighted by Gasteiger charge is 2.51. The smallest absolute Gasteiger partial charge is 0.0573 e. The summed E-state index contributed by atoms with van der Waals surface area (Å²) in [5, 5.41) is 19.4. The van der Waals surface area contributed by atoms with Gasteiger partial charge >= 0.3 is 0 Å². The third-order valence-electron chi connectivity index (χ3n) is 5.14. The van der Waals surface area contributed by atoms with Crippen LogP contribution in [-0.2, 0) is 0 Å².